The van der Waals surface area contributed by atoms with Gasteiger partial charge in [0.1, 0.15) is 0 Å². The van der Waals surface area contributed by atoms with Gasteiger partial charge in [0.2, 0.25) is 10.0 Å². The number of hydrogen-bond acceptors (Lipinski definition) is 3. The van der Waals surface area contributed by atoms with Gasteiger partial charge in [-0.25, -0.2) is 13.1 Å². The van der Waals surface area contributed by atoms with Crippen LogP contribution in [0.3, 0.4) is 0 Å². The Morgan fingerprint density at radius 1 is 1.10 bits per heavy atom. The molecule has 4 nitrogen and oxygen atoms in total. The molecule has 1 fully saturated rings. The number of hydrogen-bond donors (Lipinski definition) is 2. The molecule has 0 amide bonds. The van der Waals surface area contributed by atoms with Crippen LogP contribution in [0.1, 0.15) is 39.5 Å². The first kappa shape index (κ1) is 16.3. The van der Waals surface area contributed by atoms with Gasteiger partial charge in [0.15, 0.2) is 0 Å². The molecule has 2 atom stereocenters. The lowest BCUT2D eigenvalue weighted by Gasteiger charge is -2.35. The minimum atomic E-state index is -3.35. The van der Waals surface area contributed by atoms with Crippen LogP contribution in [0.5, 0.6) is 0 Å². The van der Waals surface area contributed by atoms with Gasteiger partial charge in [-0.05, 0) is 56.0 Å². The molecular weight excluding hydrogens is 284 g/mol. The lowest BCUT2D eigenvalue weighted by Crippen LogP contribution is -2.35. The van der Waals surface area contributed by atoms with Crippen molar-refractivity contribution in [2.75, 3.05) is 12.4 Å². The SMILES string of the molecule is CNS(=O)(=O)c1ccc(NC2CCCCC2C(C)C)cc1. The zero-order valence-electron chi connectivity index (χ0n) is 13.1. The van der Waals surface area contributed by atoms with Crippen LogP contribution in [0.15, 0.2) is 29.2 Å². The molecule has 0 heterocycles. The van der Waals surface area contributed by atoms with Crippen molar-refractivity contribution in [2.24, 2.45) is 11.8 Å². The average molecular weight is 310 g/mol. The molecule has 1 aliphatic carbocycles. The lowest BCUT2D eigenvalue weighted by molar-refractivity contribution is 0.254. The third-order valence-electron chi connectivity index (χ3n) is 4.46. The van der Waals surface area contributed by atoms with Gasteiger partial charge in [-0.2, -0.15) is 0 Å². The van der Waals surface area contributed by atoms with Crippen molar-refractivity contribution in [1.82, 2.24) is 4.72 Å². The molecule has 0 aromatic heterocycles. The highest BCUT2D eigenvalue weighted by atomic mass is 32.2. The van der Waals surface area contributed by atoms with Crippen LogP contribution in [0.2, 0.25) is 0 Å². The van der Waals surface area contributed by atoms with Crippen LogP contribution >= 0.6 is 0 Å². The van der Waals surface area contributed by atoms with Crippen LogP contribution in [-0.2, 0) is 10.0 Å². The van der Waals surface area contributed by atoms with Crippen LogP contribution in [0.4, 0.5) is 5.69 Å². The molecule has 2 unspecified atom stereocenters. The molecule has 5 heteroatoms. The summed E-state index contributed by atoms with van der Waals surface area (Å²) in [7, 11) is -1.92. The monoisotopic (exact) mass is 310 g/mol. The van der Waals surface area contributed by atoms with Crippen molar-refractivity contribution < 1.29 is 8.42 Å². The van der Waals surface area contributed by atoms with Crippen molar-refractivity contribution in [3.8, 4) is 0 Å². The quantitative estimate of drug-likeness (QED) is 0.878. The van der Waals surface area contributed by atoms with E-state index in [2.05, 4.69) is 23.9 Å². The first-order valence-corrected chi connectivity index (χ1v) is 9.22. The minimum Gasteiger partial charge on any atom is -0.382 e. The molecule has 1 aromatic carbocycles. The summed E-state index contributed by atoms with van der Waals surface area (Å²) in [4.78, 5) is 0.305. The van der Waals surface area contributed by atoms with Crippen LogP contribution in [0, 0.1) is 11.8 Å². The maximum atomic E-state index is 11.7. The Morgan fingerprint density at radius 3 is 2.29 bits per heavy atom. The van der Waals surface area contributed by atoms with Crippen LogP contribution in [0.25, 0.3) is 0 Å². The van der Waals surface area contributed by atoms with E-state index in [1.165, 1.54) is 32.7 Å². The molecule has 1 saturated carbocycles. The number of rotatable bonds is 5. The van der Waals surface area contributed by atoms with Gasteiger partial charge in [0, 0.05) is 11.7 Å². The zero-order valence-corrected chi connectivity index (χ0v) is 13.9. The predicted octanol–water partition coefficient (Wildman–Crippen LogP) is 3.22. The van der Waals surface area contributed by atoms with Gasteiger partial charge in [-0.15, -0.1) is 0 Å². The highest BCUT2D eigenvalue weighted by molar-refractivity contribution is 7.89. The third-order valence-corrected chi connectivity index (χ3v) is 5.89. The van der Waals surface area contributed by atoms with Gasteiger partial charge in [0.05, 0.1) is 4.90 Å². The van der Waals surface area contributed by atoms with E-state index in [1.54, 1.807) is 12.1 Å². The van der Waals surface area contributed by atoms with E-state index in [1.807, 2.05) is 12.1 Å². The summed E-state index contributed by atoms with van der Waals surface area (Å²) in [6.45, 7) is 4.57. The third kappa shape index (κ3) is 3.98. The van der Waals surface area contributed by atoms with E-state index < -0.39 is 10.0 Å². The van der Waals surface area contributed by atoms with Gasteiger partial charge in [-0.3, -0.25) is 0 Å². The van der Waals surface area contributed by atoms with Gasteiger partial charge >= 0.3 is 0 Å². The van der Waals surface area contributed by atoms with Crippen molar-refractivity contribution in [3.05, 3.63) is 24.3 Å². The highest BCUT2D eigenvalue weighted by Gasteiger charge is 2.27. The largest absolute Gasteiger partial charge is 0.382 e. The molecule has 0 bridgehead atoms. The van der Waals surface area contributed by atoms with Crippen LogP contribution in [-0.4, -0.2) is 21.5 Å². The first-order valence-electron chi connectivity index (χ1n) is 7.74. The topological polar surface area (TPSA) is 58.2 Å². The molecular formula is C16H26N2O2S. The second-order valence-electron chi connectivity index (χ2n) is 6.18. The van der Waals surface area contributed by atoms with E-state index in [9.17, 15) is 8.42 Å². The van der Waals surface area contributed by atoms with Crippen molar-refractivity contribution >= 4 is 15.7 Å². The molecule has 1 aliphatic rings. The van der Waals surface area contributed by atoms with E-state index in [0.717, 1.165) is 5.69 Å². The molecule has 2 rings (SSSR count). The number of sulfonamides is 1. The summed E-state index contributed by atoms with van der Waals surface area (Å²) in [5.41, 5.74) is 1.00. The van der Waals surface area contributed by atoms with Crippen molar-refractivity contribution in [1.29, 1.82) is 0 Å². The van der Waals surface area contributed by atoms with Gasteiger partial charge < -0.3 is 5.32 Å². The van der Waals surface area contributed by atoms with Crippen molar-refractivity contribution in [3.63, 3.8) is 0 Å². The molecule has 0 spiro atoms. The Balaban J connectivity index is 2.09. The number of nitrogens with one attached hydrogen (secondary N) is 2. The molecule has 1 aromatic rings. The maximum absolute atomic E-state index is 11.7. The Morgan fingerprint density at radius 2 is 1.71 bits per heavy atom. The maximum Gasteiger partial charge on any atom is 0.240 e. The van der Waals surface area contributed by atoms with Crippen LogP contribution < -0.4 is 10.0 Å². The summed E-state index contributed by atoms with van der Waals surface area (Å²) in [5, 5.41) is 3.59. The summed E-state index contributed by atoms with van der Waals surface area (Å²) in [6.07, 6.45) is 5.06. The van der Waals surface area contributed by atoms with E-state index in [0.29, 0.717) is 22.8 Å². The molecule has 2 N–H and O–H groups in total. The number of anilines is 1. The predicted molar refractivity (Wildman–Crippen MR) is 86.9 cm³/mol. The molecule has 0 aliphatic heterocycles. The highest BCUT2D eigenvalue weighted by Crippen LogP contribution is 2.32. The average Bonchev–Trinajstić information content (AvgIpc) is 2.48. The molecule has 118 valence electrons. The second-order valence-corrected chi connectivity index (χ2v) is 8.06. The van der Waals surface area contributed by atoms with Crippen molar-refractivity contribution in [2.45, 2.75) is 50.5 Å². The van der Waals surface area contributed by atoms with Gasteiger partial charge in [0.25, 0.3) is 0 Å². The summed E-state index contributed by atoms with van der Waals surface area (Å²) in [5.74, 6) is 1.37. The van der Waals surface area contributed by atoms with E-state index >= 15 is 0 Å². The minimum absolute atomic E-state index is 0.305. The smallest absolute Gasteiger partial charge is 0.240 e. The standard InChI is InChI=1S/C16H26N2O2S/c1-12(2)15-6-4-5-7-16(15)18-13-8-10-14(11-9-13)21(19,20)17-3/h8-12,15-18H,4-7H2,1-3H3. The number of benzene rings is 1. The molecule has 0 radical (unpaired) electrons. The Labute approximate surface area is 128 Å². The summed E-state index contributed by atoms with van der Waals surface area (Å²) in [6, 6.07) is 7.51. The second kappa shape index (κ2) is 6.79. The molecule has 0 saturated heterocycles. The van der Waals surface area contributed by atoms with E-state index in [4.69, 9.17) is 0 Å². The fraction of sp³-hybridized carbons (Fsp3) is 0.625. The Hall–Kier alpha value is -1.07. The zero-order chi connectivity index (χ0) is 15.5. The lowest BCUT2D eigenvalue weighted by atomic mass is 9.78. The fourth-order valence-corrected chi connectivity index (χ4v) is 3.93. The summed E-state index contributed by atoms with van der Waals surface area (Å²) >= 11 is 0. The Bertz CT molecular complexity index is 552. The molecule has 21 heavy (non-hydrogen) atoms. The normalized spacial score (nSPS) is 23.2. The van der Waals surface area contributed by atoms with E-state index in [-0.39, 0.29) is 0 Å². The first-order chi connectivity index (χ1) is 9.94. The Kier molecular flexibility index (Phi) is 5.27. The fourth-order valence-electron chi connectivity index (χ4n) is 3.20. The summed E-state index contributed by atoms with van der Waals surface area (Å²) < 4.78 is 25.8. The van der Waals surface area contributed by atoms with Gasteiger partial charge in [-0.1, -0.05) is 26.7 Å².